The number of fused-ring (bicyclic) bond motifs is 1. The number of ether oxygens (including phenoxy) is 1. The largest absolute Gasteiger partial charge is 0.453 e. The van der Waals surface area contributed by atoms with Gasteiger partial charge in [0.05, 0.1) is 4.90 Å². The molecule has 0 aliphatic heterocycles. The van der Waals surface area contributed by atoms with E-state index in [9.17, 15) is 22.4 Å². The van der Waals surface area contributed by atoms with Gasteiger partial charge in [0.2, 0.25) is 0 Å². The van der Waals surface area contributed by atoms with Crippen LogP contribution in [0, 0.1) is 5.82 Å². The van der Waals surface area contributed by atoms with Gasteiger partial charge in [0.25, 0.3) is 0 Å². The number of halogens is 4. The summed E-state index contributed by atoms with van der Waals surface area (Å²) in [6.45, 7) is 0. The highest BCUT2D eigenvalue weighted by atomic mass is 32.2. The van der Waals surface area contributed by atoms with E-state index in [0.717, 1.165) is 36.3 Å². The lowest BCUT2D eigenvalue weighted by molar-refractivity contribution is -0.107. The molecule has 5 aromatic rings. The Kier molecular flexibility index (Phi) is 9.28. The molecular weight excluding hydrogens is 546 g/mol. The predicted octanol–water partition coefficient (Wildman–Crippen LogP) is 7.43. The summed E-state index contributed by atoms with van der Waals surface area (Å²) in [5, 5.41) is 7.21. The number of hydrogen-bond acceptors (Lipinski definition) is 5. The van der Waals surface area contributed by atoms with E-state index in [1.807, 2.05) is 24.3 Å². The molecule has 3 N–H and O–H groups in total. The van der Waals surface area contributed by atoms with Crippen LogP contribution in [0.5, 0.6) is 11.5 Å². The van der Waals surface area contributed by atoms with Crippen LogP contribution >= 0.6 is 11.8 Å². The van der Waals surface area contributed by atoms with Crippen LogP contribution in [-0.4, -0.2) is 39.0 Å². The number of alkyl halides is 3. The second-order valence-corrected chi connectivity index (χ2v) is 9.67. The molecule has 0 unspecified atom stereocenters. The van der Waals surface area contributed by atoms with Gasteiger partial charge in [-0.15, -0.1) is 0 Å². The third-order valence-electron chi connectivity index (χ3n) is 5.83. The number of H-pyrrole nitrogens is 2. The molecule has 0 atom stereocenters. The highest BCUT2D eigenvalue weighted by Crippen LogP contribution is 2.47. The number of imidazole rings is 1. The quantitative estimate of drug-likeness (QED) is 0.0972. The molecule has 11 heteroatoms. The van der Waals surface area contributed by atoms with E-state index in [1.165, 1.54) is 12.3 Å². The smallest absolute Gasteiger partial charge is 0.446 e. The van der Waals surface area contributed by atoms with E-state index in [2.05, 4.69) is 15.0 Å². The number of hydrogen-bond donors (Lipinski definition) is 3. The van der Waals surface area contributed by atoms with E-state index in [1.54, 1.807) is 30.5 Å². The lowest BCUT2D eigenvalue weighted by Crippen LogP contribution is -2.02. The molecule has 0 saturated heterocycles. The Labute approximate surface area is 231 Å². The van der Waals surface area contributed by atoms with Crippen LogP contribution in [0.25, 0.3) is 22.3 Å². The molecule has 40 heavy (non-hydrogen) atoms. The van der Waals surface area contributed by atoms with Gasteiger partial charge in [-0.25, -0.2) is 9.37 Å². The molecule has 2 aromatic heterocycles. The molecule has 208 valence electrons. The maximum absolute atomic E-state index is 14.9. The number of aliphatic hydroxyl groups is 1. The summed E-state index contributed by atoms with van der Waals surface area (Å²) >= 11 is -0.416. The first-order valence-corrected chi connectivity index (χ1v) is 12.9. The van der Waals surface area contributed by atoms with E-state index in [-0.39, 0.29) is 21.5 Å². The van der Waals surface area contributed by atoms with E-state index in [0.29, 0.717) is 30.7 Å². The molecule has 0 bridgehead atoms. The zero-order valence-corrected chi connectivity index (χ0v) is 22.1. The fourth-order valence-electron chi connectivity index (χ4n) is 4.20. The van der Waals surface area contributed by atoms with Crippen LogP contribution < -0.4 is 4.74 Å². The second-order valence-electron chi connectivity index (χ2n) is 8.59. The van der Waals surface area contributed by atoms with Crippen molar-refractivity contribution in [2.45, 2.75) is 29.7 Å². The number of aromatic amines is 2. The molecule has 0 spiro atoms. The van der Waals surface area contributed by atoms with Gasteiger partial charge in [-0.1, -0.05) is 36.4 Å². The number of thioether (sulfide) groups is 1. The van der Waals surface area contributed by atoms with Gasteiger partial charge in [-0.3, -0.25) is 0 Å². The number of aliphatic hydroxyl groups excluding tert-OH is 1. The highest BCUT2D eigenvalue weighted by Gasteiger charge is 2.33. The van der Waals surface area contributed by atoms with Crippen molar-refractivity contribution in [2.24, 2.45) is 0 Å². The first-order valence-electron chi connectivity index (χ1n) is 12.1. The minimum Gasteiger partial charge on any atom is -0.453 e. The van der Waals surface area contributed by atoms with Crippen molar-refractivity contribution in [1.29, 1.82) is 0 Å². The van der Waals surface area contributed by atoms with Gasteiger partial charge in [0.15, 0.2) is 11.6 Å². The Morgan fingerprint density at radius 3 is 2.60 bits per heavy atom. The SMILES string of the molecule is CO.O=CCCc1cccc(Cc2cnc(-c3cccc(Oc4c(F)cc5[nH]ccc5c4SC(F)(F)F)c3)[nH]2)c1. The number of nitrogens with zero attached hydrogens (tertiary/aromatic N) is 1. The summed E-state index contributed by atoms with van der Waals surface area (Å²) < 4.78 is 60.5. The van der Waals surface area contributed by atoms with Crippen molar-refractivity contribution in [1.82, 2.24) is 15.0 Å². The third kappa shape index (κ3) is 7.10. The maximum atomic E-state index is 14.9. The van der Waals surface area contributed by atoms with Crippen LogP contribution in [0.4, 0.5) is 17.6 Å². The number of aromatic nitrogens is 3. The molecule has 0 amide bonds. The Hall–Kier alpha value is -4.09. The van der Waals surface area contributed by atoms with Gasteiger partial charge in [-0.2, -0.15) is 13.2 Å². The van der Waals surface area contributed by atoms with Crippen LogP contribution in [0.15, 0.2) is 78.0 Å². The number of carbonyl (C=O) groups excluding carboxylic acids is 1. The average molecular weight is 572 g/mol. The average Bonchev–Trinajstić information content (AvgIpc) is 3.60. The zero-order valence-electron chi connectivity index (χ0n) is 21.3. The predicted molar refractivity (Wildman–Crippen MR) is 146 cm³/mol. The Bertz CT molecular complexity index is 1600. The minimum absolute atomic E-state index is 0.168. The molecule has 0 aliphatic carbocycles. The summed E-state index contributed by atoms with van der Waals surface area (Å²) in [7, 11) is 1.00. The molecule has 0 saturated carbocycles. The maximum Gasteiger partial charge on any atom is 0.446 e. The molecule has 6 nitrogen and oxygen atoms in total. The van der Waals surface area contributed by atoms with Crippen molar-refractivity contribution in [3.8, 4) is 22.9 Å². The number of nitrogens with one attached hydrogen (secondary N) is 2. The lowest BCUT2D eigenvalue weighted by Gasteiger charge is -2.15. The van der Waals surface area contributed by atoms with Crippen LogP contribution in [0.2, 0.25) is 0 Å². The highest BCUT2D eigenvalue weighted by molar-refractivity contribution is 8.00. The monoisotopic (exact) mass is 571 g/mol. The standard InChI is InChI=1S/C28H21F4N3O2S.CH4O/c29-23-15-24-22(9-10-33-24)26(38-28(30,31)32)25(23)37-21-8-2-7-19(14-21)27-34-16-20(35-27)13-18-5-1-4-17(12-18)6-3-11-36;1-2/h1-2,4-5,7-12,14-16,33H,3,6,13H2,(H,34,35);2H,1H3. The Morgan fingerprint density at radius 2 is 1.82 bits per heavy atom. The van der Waals surface area contributed by atoms with E-state index >= 15 is 0 Å². The summed E-state index contributed by atoms with van der Waals surface area (Å²) in [4.78, 5) is 20.7. The first-order chi connectivity index (χ1) is 19.3. The number of aryl methyl sites for hydroxylation is 1. The Morgan fingerprint density at radius 1 is 1.05 bits per heavy atom. The van der Waals surface area contributed by atoms with Crippen LogP contribution in [-0.2, 0) is 17.6 Å². The van der Waals surface area contributed by atoms with Crippen molar-refractivity contribution in [3.05, 3.63) is 95.7 Å². The molecule has 2 heterocycles. The summed E-state index contributed by atoms with van der Waals surface area (Å²) in [6, 6.07) is 17.1. The summed E-state index contributed by atoms with van der Waals surface area (Å²) in [6.07, 6.45) is 5.80. The lowest BCUT2D eigenvalue weighted by atomic mass is 10.0. The number of benzene rings is 3. The number of carbonyl (C=O) groups is 1. The van der Waals surface area contributed by atoms with Crippen molar-refractivity contribution < 1.29 is 32.2 Å². The van der Waals surface area contributed by atoms with Crippen molar-refractivity contribution in [2.75, 3.05) is 7.11 Å². The normalized spacial score (nSPS) is 11.2. The molecular formula is C29H25F4N3O3S. The molecule has 0 fully saturated rings. The molecule has 3 aromatic carbocycles. The zero-order chi connectivity index (χ0) is 28.7. The molecule has 0 radical (unpaired) electrons. The summed E-state index contributed by atoms with van der Waals surface area (Å²) in [5.41, 5.74) is -0.768. The van der Waals surface area contributed by atoms with Crippen LogP contribution in [0.3, 0.4) is 0 Å². The molecule has 5 rings (SSSR count). The second kappa shape index (κ2) is 12.8. The van der Waals surface area contributed by atoms with Gasteiger partial charge in [0.1, 0.15) is 17.9 Å². The Balaban J connectivity index is 0.00000181. The fourth-order valence-corrected chi connectivity index (χ4v) is 4.95. The first kappa shape index (κ1) is 28.9. The fraction of sp³-hybridized carbons (Fsp3) is 0.172. The minimum atomic E-state index is -4.63. The van der Waals surface area contributed by atoms with E-state index < -0.39 is 28.8 Å². The van der Waals surface area contributed by atoms with Crippen molar-refractivity contribution in [3.63, 3.8) is 0 Å². The van der Waals surface area contributed by atoms with Crippen molar-refractivity contribution >= 4 is 29.0 Å². The van der Waals surface area contributed by atoms with E-state index in [4.69, 9.17) is 9.84 Å². The van der Waals surface area contributed by atoms with Gasteiger partial charge < -0.3 is 24.6 Å². The number of aldehydes is 1. The van der Waals surface area contributed by atoms with Gasteiger partial charge in [0, 0.05) is 60.6 Å². The van der Waals surface area contributed by atoms with Gasteiger partial charge >= 0.3 is 5.51 Å². The van der Waals surface area contributed by atoms with Crippen LogP contribution in [0.1, 0.15) is 23.2 Å². The number of rotatable bonds is 9. The topological polar surface area (TPSA) is 91.0 Å². The molecule has 0 aliphatic rings. The third-order valence-corrected chi connectivity index (χ3v) is 6.67. The summed E-state index contributed by atoms with van der Waals surface area (Å²) in [5.74, 6) is -0.700. The van der Waals surface area contributed by atoms with Gasteiger partial charge in [-0.05, 0) is 47.5 Å².